The van der Waals surface area contributed by atoms with Crippen LogP contribution < -0.4 is 0 Å². The van der Waals surface area contributed by atoms with Crippen LogP contribution in [-0.2, 0) is 10.0 Å². The predicted molar refractivity (Wildman–Crippen MR) is 109 cm³/mol. The van der Waals surface area contributed by atoms with Crippen molar-refractivity contribution < 1.29 is 13.2 Å². The van der Waals surface area contributed by atoms with Crippen LogP contribution in [0.5, 0.6) is 0 Å². The van der Waals surface area contributed by atoms with Gasteiger partial charge in [0.25, 0.3) is 5.91 Å². The Labute approximate surface area is 167 Å². The lowest BCUT2D eigenvalue weighted by Crippen LogP contribution is -2.33. The standard InChI is InChI=1S/C21H27N3O3S/c1-3-4-14-23(2)21(25)19-7-5-6-8-20(19)28(26,27)24-15-11-18(16-24)17-9-12-22-13-10-17/h5-10,12-13,18H,3-4,11,14-16H2,1-2H3. The van der Waals surface area contributed by atoms with Crippen LogP contribution in [-0.4, -0.2) is 55.2 Å². The highest BCUT2D eigenvalue weighted by Gasteiger charge is 2.35. The maximum atomic E-state index is 13.3. The number of rotatable bonds is 7. The van der Waals surface area contributed by atoms with Gasteiger partial charge in [-0.2, -0.15) is 4.31 Å². The Morgan fingerprint density at radius 1 is 1.21 bits per heavy atom. The quantitative estimate of drug-likeness (QED) is 0.715. The molecule has 1 amide bonds. The second kappa shape index (κ2) is 8.84. The van der Waals surface area contributed by atoms with E-state index in [1.54, 1.807) is 42.5 Å². The summed E-state index contributed by atoms with van der Waals surface area (Å²) in [5.74, 6) is -0.106. The lowest BCUT2D eigenvalue weighted by Gasteiger charge is -2.21. The number of pyridine rings is 1. The SMILES string of the molecule is CCCCN(C)C(=O)c1ccccc1S(=O)(=O)N1CCC(c2ccncc2)C1. The molecule has 0 bridgehead atoms. The van der Waals surface area contributed by atoms with Crippen LogP contribution >= 0.6 is 0 Å². The summed E-state index contributed by atoms with van der Waals surface area (Å²) in [6.45, 7) is 3.53. The summed E-state index contributed by atoms with van der Waals surface area (Å²) in [6.07, 6.45) is 6.08. The normalized spacial score (nSPS) is 17.6. The minimum atomic E-state index is -3.74. The number of hydrogen-bond donors (Lipinski definition) is 0. The van der Waals surface area contributed by atoms with E-state index in [4.69, 9.17) is 0 Å². The summed E-state index contributed by atoms with van der Waals surface area (Å²) in [5, 5.41) is 0. The van der Waals surface area contributed by atoms with Crippen molar-refractivity contribution in [1.82, 2.24) is 14.2 Å². The van der Waals surface area contributed by atoms with E-state index in [9.17, 15) is 13.2 Å². The van der Waals surface area contributed by atoms with Gasteiger partial charge in [-0.1, -0.05) is 25.5 Å². The Morgan fingerprint density at radius 3 is 2.64 bits per heavy atom. The monoisotopic (exact) mass is 401 g/mol. The van der Waals surface area contributed by atoms with Crippen molar-refractivity contribution in [2.45, 2.75) is 37.0 Å². The number of unbranched alkanes of at least 4 members (excludes halogenated alkanes) is 1. The van der Waals surface area contributed by atoms with Crippen LogP contribution in [0.1, 0.15) is 48.0 Å². The number of benzene rings is 1. The van der Waals surface area contributed by atoms with Gasteiger partial charge in [0.05, 0.1) is 10.5 Å². The van der Waals surface area contributed by atoms with Crippen molar-refractivity contribution >= 4 is 15.9 Å². The fourth-order valence-electron chi connectivity index (χ4n) is 3.56. The van der Waals surface area contributed by atoms with Gasteiger partial charge in [0.1, 0.15) is 0 Å². The molecule has 7 heteroatoms. The highest BCUT2D eigenvalue weighted by molar-refractivity contribution is 7.89. The Morgan fingerprint density at radius 2 is 1.93 bits per heavy atom. The molecular weight excluding hydrogens is 374 g/mol. The predicted octanol–water partition coefficient (Wildman–Crippen LogP) is 3.13. The zero-order valence-corrected chi connectivity index (χ0v) is 17.2. The maximum absolute atomic E-state index is 13.3. The van der Waals surface area contributed by atoms with Crippen molar-refractivity contribution in [3.05, 3.63) is 59.9 Å². The molecule has 0 saturated carbocycles. The van der Waals surface area contributed by atoms with Crippen LogP contribution in [0.25, 0.3) is 0 Å². The minimum Gasteiger partial charge on any atom is -0.342 e. The summed E-state index contributed by atoms with van der Waals surface area (Å²) in [7, 11) is -2.02. The zero-order chi connectivity index (χ0) is 20.1. The van der Waals surface area contributed by atoms with Crippen LogP contribution in [0, 0.1) is 0 Å². The second-order valence-electron chi connectivity index (χ2n) is 7.21. The highest BCUT2D eigenvalue weighted by atomic mass is 32.2. The summed E-state index contributed by atoms with van der Waals surface area (Å²) < 4.78 is 28.1. The molecule has 1 aromatic heterocycles. The zero-order valence-electron chi connectivity index (χ0n) is 16.4. The third kappa shape index (κ3) is 4.25. The van der Waals surface area contributed by atoms with Gasteiger partial charge in [-0.05, 0) is 48.6 Å². The molecule has 2 heterocycles. The molecule has 0 radical (unpaired) electrons. The first-order valence-electron chi connectivity index (χ1n) is 9.69. The Balaban J connectivity index is 1.84. The molecule has 3 rings (SSSR count). The molecule has 0 N–H and O–H groups in total. The molecule has 0 spiro atoms. The fourth-order valence-corrected chi connectivity index (χ4v) is 5.25. The van der Waals surface area contributed by atoms with Crippen molar-refractivity contribution in [2.75, 3.05) is 26.7 Å². The van der Waals surface area contributed by atoms with Crippen LogP contribution in [0.2, 0.25) is 0 Å². The number of carbonyl (C=O) groups is 1. The largest absolute Gasteiger partial charge is 0.342 e. The van der Waals surface area contributed by atoms with E-state index < -0.39 is 10.0 Å². The van der Waals surface area contributed by atoms with Crippen LogP contribution in [0.3, 0.4) is 0 Å². The summed E-state index contributed by atoms with van der Waals surface area (Å²) >= 11 is 0. The molecule has 2 aromatic rings. The van der Waals surface area contributed by atoms with Gasteiger partial charge >= 0.3 is 0 Å². The number of sulfonamides is 1. The number of carbonyl (C=O) groups excluding carboxylic acids is 1. The molecule has 1 aliphatic heterocycles. The molecule has 1 saturated heterocycles. The Kier molecular flexibility index (Phi) is 6.46. The van der Waals surface area contributed by atoms with Crippen molar-refractivity contribution in [3.63, 3.8) is 0 Å². The minimum absolute atomic E-state index is 0.0960. The number of hydrogen-bond acceptors (Lipinski definition) is 4. The smallest absolute Gasteiger partial charge is 0.254 e. The average molecular weight is 402 g/mol. The van der Waals surface area contributed by atoms with Gasteiger partial charge in [0, 0.05) is 39.1 Å². The van der Waals surface area contributed by atoms with E-state index in [0.29, 0.717) is 19.6 Å². The first-order valence-corrected chi connectivity index (χ1v) is 11.1. The molecule has 1 aromatic carbocycles. The van der Waals surface area contributed by atoms with E-state index in [1.165, 1.54) is 10.4 Å². The van der Waals surface area contributed by atoms with Gasteiger partial charge in [0.15, 0.2) is 0 Å². The molecule has 0 aliphatic carbocycles. The van der Waals surface area contributed by atoms with E-state index in [-0.39, 0.29) is 22.3 Å². The van der Waals surface area contributed by atoms with E-state index >= 15 is 0 Å². The van der Waals surface area contributed by atoms with Crippen molar-refractivity contribution in [1.29, 1.82) is 0 Å². The highest BCUT2D eigenvalue weighted by Crippen LogP contribution is 2.32. The van der Waals surface area contributed by atoms with Crippen molar-refractivity contribution in [2.24, 2.45) is 0 Å². The fraction of sp³-hybridized carbons (Fsp3) is 0.429. The molecule has 1 unspecified atom stereocenters. The molecule has 1 atom stereocenters. The first kappa shape index (κ1) is 20.5. The average Bonchev–Trinajstić information content (AvgIpc) is 3.23. The van der Waals surface area contributed by atoms with Gasteiger partial charge in [-0.25, -0.2) is 8.42 Å². The molecule has 1 fully saturated rings. The third-order valence-electron chi connectivity index (χ3n) is 5.26. The summed E-state index contributed by atoms with van der Waals surface area (Å²) in [4.78, 5) is 18.6. The first-order chi connectivity index (χ1) is 13.4. The summed E-state index contributed by atoms with van der Waals surface area (Å²) in [6, 6.07) is 10.4. The van der Waals surface area contributed by atoms with Gasteiger partial charge < -0.3 is 4.90 Å². The molecular formula is C21H27N3O3S. The van der Waals surface area contributed by atoms with Gasteiger partial charge in [0.2, 0.25) is 10.0 Å². The van der Waals surface area contributed by atoms with Crippen LogP contribution in [0.4, 0.5) is 0 Å². The van der Waals surface area contributed by atoms with Gasteiger partial charge in [-0.3, -0.25) is 9.78 Å². The van der Waals surface area contributed by atoms with E-state index in [2.05, 4.69) is 11.9 Å². The van der Waals surface area contributed by atoms with E-state index in [1.807, 2.05) is 12.1 Å². The van der Waals surface area contributed by atoms with Gasteiger partial charge in [-0.15, -0.1) is 0 Å². The Bertz CT molecular complexity index is 916. The van der Waals surface area contributed by atoms with E-state index in [0.717, 1.165) is 24.8 Å². The molecule has 150 valence electrons. The Hall–Kier alpha value is -2.25. The lowest BCUT2D eigenvalue weighted by atomic mass is 10.0. The third-order valence-corrected chi connectivity index (χ3v) is 7.18. The number of aromatic nitrogens is 1. The van der Waals surface area contributed by atoms with Crippen molar-refractivity contribution in [3.8, 4) is 0 Å². The number of nitrogens with zero attached hydrogens (tertiary/aromatic N) is 3. The van der Waals surface area contributed by atoms with Crippen LogP contribution in [0.15, 0.2) is 53.7 Å². The molecule has 6 nitrogen and oxygen atoms in total. The summed E-state index contributed by atoms with van der Waals surface area (Å²) in [5.41, 5.74) is 1.34. The second-order valence-corrected chi connectivity index (χ2v) is 9.11. The molecule has 28 heavy (non-hydrogen) atoms. The number of amides is 1. The lowest BCUT2D eigenvalue weighted by molar-refractivity contribution is 0.0789. The topological polar surface area (TPSA) is 70.6 Å². The maximum Gasteiger partial charge on any atom is 0.254 e. The molecule has 1 aliphatic rings.